The van der Waals surface area contributed by atoms with Gasteiger partial charge in [-0.2, -0.15) is 0 Å². The number of aryl methyl sites for hydroxylation is 2. The Labute approximate surface area is 54.2 Å². The van der Waals surface area contributed by atoms with Crippen molar-refractivity contribution in [3.63, 3.8) is 0 Å². The molecule has 1 aromatic rings. The van der Waals surface area contributed by atoms with E-state index in [1.807, 2.05) is 0 Å². The van der Waals surface area contributed by atoms with Crippen LogP contribution >= 0.6 is 11.3 Å². The molecule has 0 amide bonds. The minimum absolute atomic E-state index is 1.17. The van der Waals surface area contributed by atoms with Crippen LogP contribution in [0.4, 0.5) is 0 Å². The van der Waals surface area contributed by atoms with E-state index in [9.17, 15) is 0 Å². The lowest BCUT2D eigenvalue weighted by atomic mass is 10.3. The Kier molecular flexibility index (Phi) is 1.39. The Morgan fingerprint density at radius 2 is 2.12 bits per heavy atom. The maximum atomic E-state index is 3.82. The first kappa shape index (κ1) is 5.83. The molecule has 0 saturated heterocycles. The smallest absolute Gasteiger partial charge is 0.00543 e. The van der Waals surface area contributed by atoms with Crippen LogP contribution in [0.5, 0.6) is 0 Å². The van der Waals surface area contributed by atoms with E-state index in [4.69, 9.17) is 0 Å². The van der Waals surface area contributed by atoms with E-state index in [1.165, 1.54) is 15.3 Å². The predicted octanol–water partition coefficient (Wildman–Crippen LogP) is 2.55. The van der Waals surface area contributed by atoms with Gasteiger partial charge in [0, 0.05) is 9.75 Å². The summed E-state index contributed by atoms with van der Waals surface area (Å²) in [6.45, 7) is 8.05. The summed E-state index contributed by atoms with van der Waals surface area (Å²) in [4.78, 5) is 2.55. The predicted molar refractivity (Wildman–Crippen MR) is 38.3 cm³/mol. The molecule has 0 unspecified atom stereocenters. The van der Waals surface area contributed by atoms with Crippen LogP contribution in [0.15, 0.2) is 6.07 Å². The maximum Gasteiger partial charge on any atom is 0.00543 e. The van der Waals surface area contributed by atoms with Crippen LogP contribution in [-0.2, 0) is 0 Å². The van der Waals surface area contributed by atoms with Crippen LogP contribution in [0, 0.1) is 20.8 Å². The SMILES string of the molecule is [CH2]c1cc(C)c(C)s1. The second-order valence-electron chi connectivity index (χ2n) is 1.95. The first-order chi connectivity index (χ1) is 3.70. The minimum Gasteiger partial charge on any atom is -0.145 e. The average molecular weight is 125 g/mol. The van der Waals surface area contributed by atoms with Gasteiger partial charge >= 0.3 is 0 Å². The molecular weight excluding hydrogens is 116 g/mol. The van der Waals surface area contributed by atoms with Crippen molar-refractivity contribution in [2.75, 3.05) is 0 Å². The topological polar surface area (TPSA) is 0 Å². The molecule has 0 aromatic carbocycles. The molecule has 8 heavy (non-hydrogen) atoms. The molecular formula is C7H9S. The summed E-state index contributed by atoms with van der Waals surface area (Å²) >= 11 is 1.76. The first-order valence-electron chi connectivity index (χ1n) is 2.59. The van der Waals surface area contributed by atoms with Gasteiger partial charge < -0.3 is 0 Å². The van der Waals surface area contributed by atoms with Gasteiger partial charge in [0.2, 0.25) is 0 Å². The molecule has 0 atom stereocenters. The second-order valence-corrected chi connectivity index (χ2v) is 3.29. The zero-order chi connectivity index (χ0) is 6.15. The fourth-order valence-electron chi connectivity index (χ4n) is 0.650. The lowest BCUT2D eigenvalue weighted by Crippen LogP contribution is -1.62. The maximum absolute atomic E-state index is 3.82. The van der Waals surface area contributed by atoms with E-state index < -0.39 is 0 Å². The number of rotatable bonds is 0. The van der Waals surface area contributed by atoms with Gasteiger partial charge in [0.1, 0.15) is 0 Å². The molecule has 1 radical (unpaired) electrons. The lowest BCUT2D eigenvalue weighted by molar-refractivity contribution is 1.44. The Morgan fingerprint density at radius 1 is 1.50 bits per heavy atom. The van der Waals surface area contributed by atoms with E-state index >= 15 is 0 Å². The van der Waals surface area contributed by atoms with Gasteiger partial charge in [0.25, 0.3) is 0 Å². The van der Waals surface area contributed by atoms with Crippen molar-refractivity contribution in [2.24, 2.45) is 0 Å². The molecule has 43 valence electrons. The van der Waals surface area contributed by atoms with E-state index in [0.717, 1.165) is 0 Å². The summed E-state index contributed by atoms with van der Waals surface area (Å²) in [5.74, 6) is 0. The summed E-state index contributed by atoms with van der Waals surface area (Å²) in [5.41, 5.74) is 1.36. The third-order valence-electron chi connectivity index (χ3n) is 1.22. The molecule has 0 aliphatic heterocycles. The van der Waals surface area contributed by atoms with Gasteiger partial charge in [-0.25, -0.2) is 0 Å². The normalized spacial score (nSPS) is 9.88. The summed E-state index contributed by atoms with van der Waals surface area (Å²) < 4.78 is 0. The van der Waals surface area contributed by atoms with Gasteiger partial charge in [-0.15, -0.1) is 11.3 Å². The molecule has 1 rings (SSSR count). The summed E-state index contributed by atoms with van der Waals surface area (Å²) in [7, 11) is 0. The Balaban J connectivity index is 3.14. The fraction of sp³-hybridized carbons (Fsp3) is 0.286. The van der Waals surface area contributed by atoms with Crippen molar-refractivity contribution >= 4 is 11.3 Å². The summed E-state index contributed by atoms with van der Waals surface area (Å²) in [5, 5.41) is 0. The molecule has 0 spiro atoms. The first-order valence-corrected chi connectivity index (χ1v) is 3.41. The van der Waals surface area contributed by atoms with E-state index in [-0.39, 0.29) is 0 Å². The fourth-order valence-corrected chi connectivity index (χ4v) is 1.50. The third kappa shape index (κ3) is 0.920. The number of hydrogen-bond acceptors (Lipinski definition) is 1. The van der Waals surface area contributed by atoms with Gasteiger partial charge in [0.05, 0.1) is 0 Å². The zero-order valence-corrected chi connectivity index (χ0v) is 6.01. The molecule has 0 bridgehead atoms. The van der Waals surface area contributed by atoms with Gasteiger partial charge in [0.15, 0.2) is 0 Å². The van der Waals surface area contributed by atoms with Gasteiger partial charge in [-0.1, -0.05) is 0 Å². The molecule has 0 aliphatic rings. The highest BCUT2D eigenvalue weighted by Crippen LogP contribution is 2.18. The third-order valence-corrected chi connectivity index (χ3v) is 2.23. The molecule has 0 fully saturated rings. The van der Waals surface area contributed by atoms with Crippen molar-refractivity contribution in [1.82, 2.24) is 0 Å². The van der Waals surface area contributed by atoms with Crippen LogP contribution < -0.4 is 0 Å². The van der Waals surface area contributed by atoms with E-state index in [0.29, 0.717) is 0 Å². The van der Waals surface area contributed by atoms with Crippen molar-refractivity contribution in [1.29, 1.82) is 0 Å². The van der Waals surface area contributed by atoms with Crippen LogP contribution in [0.3, 0.4) is 0 Å². The van der Waals surface area contributed by atoms with E-state index in [2.05, 4.69) is 26.8 Å². The standard InChI is InChI=1S/C7H9S/c1-5-4-6(2)8-7(5)3/h4H,2H2,1,3H3. The number of thiophene rings is 1. The Morgan fingerprint density at radius 3 is 2.25 bits per heavy atom. The monoisotopic (exact) mass is 125 g/mol. The quantitative estimate of drug-likeness (QED) is 0.500. The number of hydrogen-bond donors (Lipinski definition) is 0. The Bertz CT molecular complexity index is 167. The van der Waals surface area contributed by atoms with Crippen molar-refractivity contribution in [3.05, 3.63) is 28.3 Å². The minimum atomic E-state index is 1.17. The Hall–Kier alpha value is -0.300. The molecule has 0 aliphatic carbocycles. The summed E-state index contributed by atoms with van der Waals surface area (Å²) in [6, 6.07) is 2.11. The second kappa shape index (κ2) is 1.90. The lowest BCUT2D eigenvalue weighted by Gasteiger charge is -1.79. The zero-order valence-electron chi connectivity index (χ0n) is 5.19. The van der Waals surface area contributed by atoms with Crippen molar-refractivity contribution in [2.45, 2.75) is 13.8 Å². The largest absolute Gasteiger partial charge is 0.145 e. The van der Waals surface area contributed by atoms with Crippen molar-refractivity contribution in [3.8, 4) is 0 Å². The molecule has 1 aromatic heterocycles. The van der Waals surface area contributed by atoms with E-state index in [1.54, 1.807) is 11.3 Å². The van der Waals surface area contributed by atoms with Gasteiger partial charge in [-0.05, 0) is 32.4 Å². The molecule has 1 heterocycles. The van der Waals surface area contributed by atoms with Crippen LogP contribution in [0.2, 0.25) is 0 Å². The average Bonchev–Trinajstić information content (AvgIpc) is 1.85. The molecule has 0 N–H and O–H groups in total. The van der Waals surface area contributed by atoms with Crippen LogP contribution in [-0.4, -0.2) is 0 Å². The molecule has 0 saturated carbocycles. The highest BCUT2D eigenvalue weighted by molar-refractivity contribution is 7.12. The van der Waals surface area contributed by atoms with Crippen LogP contribution in [0.25, 0.3) is 0 Å². The van der Waals surface area contributed by atoms with Crippen LogP contribution in [0.1, 0.15) is 15.3 Å². The highest BCUT2D eigenvalue weighted by atomic mass is 32.1. The molecule has 1 heteroatoms. The van der Waals surface area contributed by atoms with Crippen molar-refractivity contribution < 1.29 is 0 Å². The molecule has 0 nitrogen and oxygen atoms in total. The summed E-state index contributed by atoms with van der Waals surface area (Å²) in [6.07, 6.45) is 0. The van der Waals surface area contributed by atoms with Gasteiger partial charge in [-0.3, -0.25) is 0 Å². The highest BCUT2D eigenvalue weighted by Gasteiger charge is 1.93.